The van der Waals surface area contributed by atoms with Gasteiger partial charge in [-0.3, -0.25) is 9.67 Å². The topological polar surface area (TPSA) is 68.5 Å². The molecule has 2 aromatic heterocycles. The number of aryl methyl sites for hydroxylation is 1. The van der Waals surface area contributed by atoms with E-state index >= 15 is 0 Å². The minimum absolute atomic E-state index is 0.718. The zero-order valence-electron chi connectivity index (χ0n) is 22.4. The first-order chi connectivity index (χ1) is 17.9. The second kappa shape index (κ2) is 10.8. The Morgan fingerprint density at radius 2 is 1.65 bits per heavy atom. The van der Waals surface area contributed by atoms with Crippen LogP contribution in [0.2, 0.25) is 0 Å². The van der Waals surface area contributed by atoms with Crippen LogP contribution in [0.15, 0.2) is 55.0 Å². The van der Waals surface area contributed by atoms with E-state index < -0.39 is 0 Å². The fraction of sp³-hybridized carbons (Fsp3) is 0.414. The quantitative estimate of drug-likeness (QED) is 0.331. The van der Waals surface area contributed by atoms with Crippen LogP contribution < -0.4 is 14.4 Å². The Balaban J connectivity index is 1.52. The van der Waals surface area contributed by atoms with Gasteiger partial charge in [0.2, 0.25) is 0 Å². The largest absolute Gasteiger partial charge is 0.497 e. The first kappa shape index (κ1) is 25.0. The molecule has 0 bridgehead atoms. The summed E-state index contributed by atoms with van der Waals surface area (Å²) in [5.41, 5.74) is 5.54. The van der Waals surface area contributed by atoms with E-state index in [2.05, 4.69) is 58.0 Å². The maximum atomic E-state index is 5.60. The van der Waals surface area contributed by atoms with Gasteiger partial charge in [0, 0.05) is 74.6 Å². The molecule has 5 rings (SSSR count). The molecule has 3 heterocycles. The van der Waals surface area contributed by atoms with E-state index in [4.69, 9.17) is 14.5 Å². The van der Waals surface area contributed by atoms with Crippen LogP contribution in [0.3, 0.4) is 0 Å². The fourth-order valence-corrected chi connectivity index (χ4v) is 5.43. The first-order valence-electron chi connectivity index (χ1n) is 12.9. The monoisotopic (exact) mass is 500 g/mol. The molecule has 0 radical (unpaired) electrons. The number of fused-ring (bicyclic) bond motifs is 1. The van der Waals surface area contributed by atoms with E-state index in [1.807, 2.05) is 37.8 Å². The molecule has 1 saturated heterocycles. The number of aromatic nitrogens is 4. The number of ether oxygens (including phenoxy) is 2. The second-order valence-electron chi connectivity index (χ2n) is 10.3. The molecule has 2 aromatic carbocycles. The third-order valence-electron chi connectivity index (χ3n) is 7.07. The summed E-state index contributed by atoms with van der Waals surface area (Å²) in [6.07, 6.45) is 6.88. The van der Waals surface area contributed by atoms with E-state index in [1.165, 1.54) is 6.42 Å². The molecule has 1 aliphatic rings. The lowest BCUT2D eigenvalue weighted by Crippen LogP contribution is -2.42. The van der Waals surface area contributed by atoms with Crippen LogP contribution in [0, 0.1) is 11.8 Å². The van der Waals surface area contributed by atoms with Crippen molar-refractivity contribution in [3.05, 3.63) is 55.0 Å². The SMILES string of the molecule is COc1cc(OC)cc(N(CCN2CC(C)CC(C)C2)c2ccc3ncc(-c4cnn(C)c4)nc3c2)c1. The maximum Gasteiger partial charge on any atom is 0.124 e. The number of rotatable bonds is 8. The van der Waals surface area contributed by atoms with Crippen LogP contribution in [0.25, 0.3) is 22.3 Å². The number of hydrogen-bond donors (Lipinski definition) is 0. The van der Waals surface area contributed by atoms with Crippen LogP contribution in [0.4, 0.5) is 11.4 Å². The third-order valence-corrected chi connectivity index (χ3v) is 7.07. The Hall–Kier alpha value is -3.65. The van der Waals surface area contributed by atoms with Crippen molar-refractivity contribution in [2.24, 2.45) is 18.9 Å². The highest BCUT2D eigenvalue weighted by Gasteiger charge is 2.23. The Morgan fingerprint density at radius 1 is 0.919 bits per heavy atom. The average molecular weight is 501 g/mol. The molecular weight excluding hydrogens is 464 g/mol. The van der Waals surface area contributed by atoms with Crippen molar-refractivity contribution in [2.45, 2.75) is 20.3 Å². The molecule has 0 amide bonds. The predicted octanol–water partition coefficient (Wildman–Crippen LogP) is 5.16. The number of methoxy groups -OCH3 is 2. The number of benzene rings is 2. The highest BCUT2D eigenvalue weighted by Crippen LogP contribution is 2.34. The summed E-state index contributed by atoms with van der Waals surface area (Å²) in [5.74, 6) is 2.96. The van der Waals surface area contributed by atoms with Crippen molar-refractivity contribution >= 4 is 22.4 Å². The normalized spacial score (nSPS) is 18.2. The zero-order valence-corrected chi connectivity index (χ0v) is 22.4. The highest BCUT2D eigenvalue weighted by atomic mass is 16.5. The van der Waals surface area contributed by atoms with Crippen molar-refractivity contribution in [1.29, 1.82) is 0 Å². The molecule has 1 fully saturated rings. The number of anilines is 2. The molecular formula is C29H36N6O2. The van der Waals surface area contributed by atoms with Crippen LogP contribution in [0.5, 0.6) is 11.5 Å². The summed E-state index contributed by atoms with van der Waals surface area (Å²) in [6.45, 7) is 8.78. The van der Waals surface area contributed by atoms with Gasteiger partial charge in [-0.2, -0.15) is 5.10 Å². The van der Waals surface area contributed by atoms with Crippen LogP contribution in [-0.4, -0.2) is 65.0 Å². The van der Waals surface area contributed by atoms with Gasteiger partial charge in [0.05, 0.1) is 43.3 Å². The smallest absolute Gasteiger partial charge is 0.124 e. The molecule has 0 N–H and O–H groups in total. The summed E-state index contributed by atoms with van der Waals surface area (Å²) in [4.78, 5) is 14.5. The lowest BCUT2D eigenvalue weighted by atomic mass is 9.92. The second-order valence-corrected chi connectivity index (χ2v) is 10.3. The fourth-order valence-electron chi connectivity index (χ4n) is 5.43. The summed E-state index contributed by atoms with van der Waals surface area (Å²) < 4.78 is 13.0. The van der Waals surface area contributed by atoms with Gasteiger partial charge in [-0.15, -0.1) is 0 Å². The van der Waals surface area contributed by atoms with Gasteiger partial charge in [-0.1, -0.05) is 13.8 Å². The van der Waals surface area contributed by atoms with Gasteiger partial charge in [0.1, 0.15) is 11.5 Å². The molecule has 1 aliphatic heterocycles. The molecule has 8 nitrogen and oxygen atoms in total. The van der Waals surface area contributed by atoms with Gasteiger partial charge in [0.25, 0.3) is 0 Å². The molecule has 194 valence electrons. The van der Waals surface area contributed by atoms with Gasteiger partial charge in [-0.25, -0.2) is 4.98 Å². The lowest BCUT2D eigenvalue weighted by Gasteiger charge is -2.36. The van der Waals surface area contributed by atoms with Crippen molar-refractivity contribution in [1.82, 2.24) is 24.6 Å². The van der Waals surface area contributed by atoms with Gasteiger partial charge < -0.3 is 19.3 Å². The molecule has 0 aliphatic carbocycles. The lowest BCUT2D eigenvalue weighted by molar-refractivity contribution is 0.145. The summed E-state index contributed by atoms with van der Waals surface area (Å²) in [6, 6.07) is 12.3. The Bertz CT molecular complexity index is 1340. The van der Waals surface area contributed by atoms with Crippen molar-refractivity contribution < 1.29 is 9.47 Å². The molecule has 0 spiro atoms. The predicted molar refractivity (Wildman–Crippen MR) is 148 cm³/mol. The van der Waals surface area contributed by atoms with Crippen molar-refractivity contribution in [3.63, 3.8) is 0 Å². The Kier molecular flexibility index (Phi) is 7.28. The zero-order chi connectivity index (χ0) is 25.9. The standard InChI is InChI=1S/C29H36N6O2/c1-20-10-21(2)18-34(17-20)8-9-35(24-11-25(36-4)14-26(12-24)37-5)23-6-7-27-28(13-23)32-29(16-30-27)22-15-31-33(3)19-22/h6-7,11-16,19-21H,8-10,17-18H2,1-5H3. The Labute approximate surface area is 218 Å². The van der Waals surface area contributed by atoms with E-state index in [0.29, 0.717) is 0 Å². The van der Waals surface area contributed by atoms with Crippen LogP contribution in [-0.2, 0) is 7.05 Å². The van der Waals surface area contributed by atoms with E-state index in [1.54, 1.807) is 18.9 Å². The number of piperidine rings is 1. The maximum absolute atomic E-state index is 5.60. The van der Waals surface area contributed by atoms with E-state index in [0.717, 1.165) is 83.2 Å². The molecule has 37 heavy (non-hydrogen) atoms. The van der Waals surface area contributed by atoms with Crippen LogP contribution >= 0.6 is 0 Å². The summed E-state index contributed by atoms with van der Waals surface area (Å²) >= 11 is 0. The number of nitrogens with zero attached hydrogens (tertiary/aromatic N) is 6. The van der Waals surface area contributed by atoms with Gasteiger partial charge in [0.15, 0.2) is 0 Å². The first-order valence-corrected chi connectivity index (χ1v) is 12.9. The minimum atomic E-state index is 0.718. The highest BCUT2D eigenvalue weighted by molar-refractivity contribution is 5.82. The Morgan fingerprint density at radius 3 is 2.30 bits per heavy atom. The molecule has 4 aromatic rings. The molecule has 2 atom stereocenters. The van der Waals surface area contributed by atoms with Crippen molar-refractivity contribution in [2.75, 3.05) is 45.3 Å². The van der Waals surface area contributed by atoms with E-state index in [-0.39, 0.29) is 0 Å². The average Bonchev–Trinajstić information content (AvgIpc) is 3.33. The van der Waals surface area contributed by atoms with Gasteiger partial charge >= 0.3 is 0 Å². The van der Waals surface area contributed by atoms with Crippen molar-refractivity contribution in [3.8, 4) is 22.8 Å². The number of hydrogen-bond acceptors (Lipinski definition) is 7. The third kappa shape index (κ3) is 5.69. The summed E-state index contributed by atoms with van der Waals surface area (Å²) in [7, 11) is 5.27. The number of likely N-dealkylation sites (tertiary alicyclic amines) is 1. The molecule has 0 saturated carbocycles. The van der Waals surface area contributed by atoms with E-state index in [9.17, 15) is 0 Å². The van der Waals surface area contributed by atoms with Crippen LogP contribution in [0.1, 0.15) is 20.3 Å². The summed E-state index contributed by atoms with van der Waals surface area (Å²) in [5, 5.41) is 4.28. The molecule has 2 unspecified atom stereocenters. The minimum Gasteiger partial charge on any atom is -0.497 e. The molecule has 8 heteroatoms. The van der Waals surface area contributed by atoms with Gasteiger partial charge in [-0.05, 0) is 36.5 Å².